The molecule has 0 saturated carbocycles. The van der Waals surface area contributed by atoms with Crippen molar-refractivity contribution >= 4 is 15.9 Å². The number of carbonyl (C=O) groups excluding carboxylic acids is 1. The van der Waals surface area contributed by atoms with Gasteiger partial charge < -0.3 is 11.1 Å². The Bertz CT molecular complexity index is 553. The predicted molar refractivity (Wildman–Crippen MR) is 77.9 cm³/mol. The molecule has 0 aliphatic rings. The van der Waals surface area contributed by atoms with E-state index in [1.165, 1.54) is 35.6 Å². The molecule has 0 aromatic heterocycles. The van der Waals surface area contributed by atoms with E-state index >= 15 is 0 Å². The topological polar surface area (TPSA) is 92.5 Å². The lowest BCUT2D eigenvalue weighted by atomic mass is 10.2. The Labute approximate surface area is 120 Å². The van der Waals surface area contributed by atoms with E-state index in [4.69, 9.17) is 5.73 Å². The van der Waals surface area contributed by atoms with Crippen LogP contribution >= 0.6 is 0 Å². The maximum absolute atomic E-state index is 12.2. The van der Waals surface area contributed by atoms with E-state index in [2.05, 4.69) is 5.32 Å². The van der Waals surface area contributed by atoms with Crippen LogP contribution in [0.1, 0.15) is 24.2 Å². The molecule has 6 nitrogen and oxygen atoms in total. The predicted octanol–water partition coefficient (Wildman–Crippen LogP) is 0.404. The maximum atomic E-state index is 12.2. The zero-order chi connectivity index (χ0) is 15.3. The minimum atomic E-state index is -3.52. The highest BCUT2D eigenvalue weighted by Crippen LogP contribution is 2.17. The Kier molecular flexibility index (Phi) is 5.67. The van der Waals surface area contributed by atoms with Crippen LogP contribution < -0.4 is 11.1 Å². The second-order valence-corrected chi connectivity index (χ2v) is 6.68. The number of nitrogens with zero attached hydrogens (tertiary/aromatic N) is 1. The van der Waals surface area contributed by atoms with E-state index in [1.54, 1.807) is 13.8 Å². The first-order chi connectivity index (χ1) is 9.30. The number of hydrogen-bond donors (Lipinski definition) is 2. The van der Waals surface area contributed by atoms with Gasteiger partial charge in [-0.2, -0.15) is 4.31 Å². The average molecular weight is 299 g/mol. The summed E-state index contributed by atoms with van der Waals surface area (Å²) in [7, 11) is -1.99. The van der Waals surface area contributed by atoms with Crippen LogP contribution in [-0.2, 0) is 10.0 Å². The number of nitrogens with two attached hydrogens (primary N) is 1. The summed E-state index contributed by atoms with van der Waals surface area (Å²) in [6.45, 7) is 4.34. The van der Waals surface area contributed by atoms with Crippen LogP contribution in [0.15, 0.2) is 29.2 Å². The Morgan fingerprint density at radius 2 is 1.85 bits per heavy atom. The zero-order valence-corrected chi connectivity index (χ0v) is 12.8. The minimum absolute atomic E-state index is 0.132. The quantitative estimate of drug-likeness (QED) is 0.795. The SMILES string of the molecule is CC(C)N(C)S(=O)(=O)c1ccc(C(=O)NCCN)cc1. The monoisotopic (exact) mass is 299 g/mol. The summed E-state index contributed by atoms with van der Waals surface area (Å²) in [6.07, 6.45) is 0. The van der Waals surface area contributed by atoms with Gasteiger partial charge in [0.15, 0.2) is 0 Å². The number of hydrogen-bond acceptors (Lipinski definition) is 4. The number of carbonyl (C=O) groups is 1. The number of benzene rings is 1. The summed E-state index contributed by atoms with van der Waals surface area (Å²) in [5.74, 6) is -0.267. The van der Waals surface area contributed by atoms with Crippen molar-refractivity contribution in [1.82, 2.24) is 9.62 Å². The molecule has 0 radical (unpaired) electrons. The summed E-state index contributed by atoms with van der Waals surface area (Å²) in [5.41, 5.74) is 5.71. The lowest BCUT2D eigenvalue weighted by Gasteiger charge is -2.21. The molecule has 0 aliphatic heterocycles. The van der Waals surface area contributed by atoms with E-state index in [9.17, 15) is 13.2 Å². The van der Waals surface area contributed by atoms with Gasteiger partial charge in [0.2, 0.25) is 10.0 Å². The van der Waals surface area contributed by atoms with Gasteiger partial charge in [0.05, 0.1) is 4.90 Å². The molecule has 1 rings (SSSR count). The molecule has 0 fully saturated rings. The van der Waals surface area contributed by atoms with Gasteiger partial charge in [-0.1, -0.05) is 0 Å². The van der Waals surface area contributed by atoms with Crippen LogP contribution in [0.25, 0.3) is 0 Å². The Balaban J connectivity index is 2.94. The van der Waals surface area contributed by atoms with Crippen molar-refractivity contribution in [2.75, 3.05) is 20.1 Å². The Hall–Kier alpha value is -1.44. The molecule has 0 unspecified atom stereocenters. The molecule has 0 saturated heterocycles. The molecule has 0 bridgehead atoms. The maximum Gasteiger partial charge on any atom is 0.251 e. The van der Waals surface area contributed by atoms with E-state index in [0.29, 0.717) is 18.7 Å². The van der Waals surface area contributed by atoms with Crippen LogP contribution in [0.5, 0.6) is 0 Å². The van der Waals surface area contributed by atoms with E-state index in [1.807, 2.05) is 0 Å². The first-order valence-electron chi connectivity index (χ1n) is 6.37. The van der Waals surface area contributed by atoms with Crippen LogP contribution in [0, 0.1) is 0 Å². The van der Waals surface area contributed by atoms with Crippen molar-refractivity contribution in [3.8, 4) is 0 Å². The van der Waals surface area contributed by atoms with E-state index < -0.39 is 10.0 Å². The molecule has 0 heterocycles. The highest BCUT2D eigenvalue weighted by Gasteiger charge is 2.23. The number of rotatable bonds is 6. The third kappa shape index (κ3) is 3.78. The summed E-state index contributed by atoms with van der Waals surface area (Å²) in [6, 6.07) is 5.73. The molecule has 0 atom stereocenters. The third-order valence-corrected chi connectivity index (χ3v) is 5.00. The van der Waals surface area contributed by atoms with Gasteiger partial charge in [-0.15, -0.1) is 0 Å². The lowest BCUT2D eigenvalue weighted by molar-refractivity contribution is 0.0954. The molecule has 1 aromatic rings. The average Bonchev–Trinajstić information content (AvgIpc) is 2.43. The van der Waals surface area contributed by atoms with Gasteiger partial charge in [0.1, 0.15) is 0 Å². The minimum Gasteiger partial charge on any atom is -0.351 e. The third-order valence-electron chi connectivity index (χ3n) is 2.95. The lowest BCUT2D eigenvalue weighted by Crippen LogP contribution is -2.33. The van der Waals surface area contributed by atoms with Gasteiger partial charge in [0.25, 0.3) is 5.91 Å². The largest absolute Gasteiger partial charge is 0.351 e. The standard InChI is InChI=1S/C13H21N3O3S/c1-10(2)16(3)20(18,19)12-6-4-11(5-7-12)13(17)15-9-8-14/h4-7,10H,8-9,14H2,1-3H3,(H,15,17). The van der Waals surface area contributed by atoms with E-state index in [-0.39, 0.29) is 16.8 Å². The van der Waals surface area contributed by atoms with Crippen molar-refractivity contribution in [2.45, 2.75) is 24.8 Å². The van der Waals surface area contributed by atoms with Gasteiger partial charge in [-0.3, -0.25) is 4.79 Å². The van der Waals surface area contributed by atoms with Crippen LogP contribution in [0.2, 0.25) is 0 Å². The van der Waals surface area contributed by atoms with Crippen molar-refractivity contribution in [1.29, 1.82) is 0 Å². The second-order valence-electron chi connectivity index (χ2n) is 4.68. The van der Waals surface area contributed by atoms with Gasteiger partial charge in [-0.05, 0) is 38.1 Å². The first-order valence-corrected chi connectivity index (χ1v) is 7.81. The fraction of sp³-hybridized carbons (Fsp3) is 0.462. The summed E-state index contributed by atoms with van der Waals surface area (Å²) in [4.78, 5) is 11.9. The van der Waals surface area contributed by atoms with Crippen molar-refractivity contribution in [3.05, 3.63) is 29.8 Å². The smallest absolute Gasteiger partial charge is 0.251 e. The number of nitrogens with one attached hydrogen (secondary N) is 1. The van der Waals surface area contributed by atoms with Gasteiger partial charge in [-0.25, -0.2) is 8.42 Å². The highest BCUT2D eigenvalue weighted by molar-refractivity contribution is 7.89. The molecule has 1 aromatic carbocycles. The second kappa shape index (κ2) is 6.83. The summed E-state index contributed by atoms with van der Waals surface area (Å²) in [5, 5.41) is 2.62. The van der Waals surface area contributed by atoms with Gasteiger partial charge >= 0.3 is 0 Å². The van der Waals surface area contributed by atoms with Crippen LogP contribution in [0.3, 0.4) is 0 Å². The number of amides is 1. The molecular formula is C13H21N3O3S. The van der Waals surface area contributed by atoms with Crippen molar-refractivity contribution < 1.29 is 13.2 Å². The first kappa shape index (κ1) is 16.6. The number of sulfonamides is 1. The molecular weight excluding hydrogens is 278 g/mol. The van der Waals surface area contributed by atoms with Crippen LogP contribution in [-0.4, -0.2) is 44.8 Å². The van der Waals surface area contributed by atoms with Crippen LogP contribution in [0.4, 0.5) is 0 Å². The molecule has 0 aliphatic carbocycles. The fourth-order valence-corrected chi connectivity index (χ4v) is 2.88. The Morgan fingerprint density at radius 3 is 2.30 bits per heavy atom. The molecule has 7 heteroatoms. The van der Waals surface area contributed by atoms with E-state index in [0.717, 1.165) is 0 Å². The molecule has 112 valence electrons. The molecule has 20 heavy (non-hydrogen) atoms. The molecule has 3 N–H and O–H groups in total. The normalized spacial score (nSPS) is 11.9. The Morgan fingerprint density at radius 1 is 1.30 bits per heavy atom. The van der Waals surface area contributed by atoms with Crippen molar-refractivity contribution in [2.24, 2.45) is 5.73 Å². The molecule has 0 spiro atoms. The van der Waals surface area contributed by atoms with Gasteiger partial charge in [0, 0.05) is 31.7 Å². The zero-order valence-electron chi connectivity index (χ0n) is 12.0. The van der Waals surface area contributed by atoms with Crippen molar-refractivity contribution in [3.63, 3.8) is 0 Å². The summed E-state index contributed by atoms with van der Waals surface area (Å²) >= 11 is 0. The highest BCUT2D eigenvalue weighted by atomic mass is 32.2. The fourth-order valence-electron chi connectivity index (χ4n) is 1.51. The molecule has 1 amide bonds. The summed E-state index contributed by atoms with van der Waals surface area (Å²) < 4.78 is 25.8.